The molecule has 0 fully saturated rings. The molecular weight excluding hydrogens is 340 g/mol. The number of alkyl halides is 3. The molecule has 0 bridgehead atoms. The maximum absolute atomic E-state index is 13.0. The lowest BCUT2D eigenvalue weighted by Crippen LogP contribution is -2.09. The molecule has 0 amide bonds. The first-order valence-electron chi connectivity index (χ1n) is 5.98. The second-order valence-corrected chi connectivity index (χ2v) is 5.23. The van der Waals surface area contributed by atoms with Crippen LogP contribution in [0.5, 0.6) is 0 Å². The quantitative estimate of drug-likeness (QED) is 0.673. The van der Waals surface area contributed by atoms with Crippen LogP contribution in [0.3, 0.4) is 0 Å². The standard InChI is InChI=1S/C15H9Cl2F3O2/c1-22-14(21)10-4-9(5-11(6-10)15(18,19)20)8-2-3-12(16)13(17)7-8/h2-7H,1H3. The van der Waals surface area contributed by atoms with Crippen LogP contribution in [-0.2, 0) is 10.9 Å². The van der Waals surface area contributed by atoms with Gasteiger partial charge >= 0.3 is 12.1 Å². The number of carbonyl (C=O) groups excluding carboxylic acids is 1. The third-order valence-electron chi connectivity index (χ3n) is 2.93. The fourth-order valence-electron chi connectivity index (χ4n) is 1.87. The summed E-state index contributed by atoms with van der Waals surface area (Å²) in [5, 5.41) is 0.488. The zero-order valence-corrected chi connectivity index (χ0v) is 12.7. The van der Waals surface area contributed by atoms with Crippen molar-refractivity contribution in [2.45, 2.75) is 6.18 Å². The molecule has 2 nitrogen and oxygen atoms in total. The van der Waals surface area contributed by atoms with Crippen LogP contribution in [0.2, 0.25) is 10.0 Å². The van der Waals surface area contributed by atoms with Crippen molar-refractivity contribution in [1.29, 1.82) is 0 Å². The first-order chi connectivity index (χ1) is 10.2. The summed E-state index contributed by atoms with van der Waals surface area (Å²) < 4.78 is 43.4. The van der Waals surface area contributed by atoms with Gasteiger partial charge in [-0.1, -0.05) is 29.3 Å². The minimum atomic E-state index is -4.59. The van der Waals surface area contributed by atoms with E-state index < -0.39 is 17.7 Å². The van der Waals surface area contributed by atoms with E-state index in [-0.39, 0.29) is 21.2 Å². The van der Waals surface area contributed by atoms with Crippen molar-refractivity contribution in [3.8, 4) is 11.1 Å². The Morgan fingerprint density at radius 2 is 1.68 bits per heavy atom. The summed E-state index contributed by atoms with van der Waals surface area (Å²) in [6.45, 7) is 0. The molecule has 2 aromatic rings. The molecule has 0 atom stereocenters. The highest BCUT2D eigenvalue weighted by Crippen LogP contribution is 2.35. The fraction of sp³-hybridized carbons (Fsp3) is 0.133. The van der Waals surface area contributed by atoms with Gasteiger partial charge in [0, 0.05) is 0 Å². The molecule has 0 spiro atoms. The zero-order chi connectivity index (χ0) is 16.5. The lowest BCUT2D eigenvalue weighted by Gasteiger charge is -2.12. The molecule has 0 saturated heterocycles. The van der Waals surface area contributed by atoms with Crippen molar-refractivity contribution in [2.75, 3.05) is 7.11 Å². The molecule has 0 unspecified atom stereocenters. The van der Waals surface area contributed by atoms with Crippen LogP contribution >= 0.6 is 23.2 Å². The highest BCUT2D eigenvalue weighted by Gasteiger charge is 2.32. The molecule has 0 heterocycles. The topological polar surface area (TPSA) is 26.3 Å². The van der Waals surface area contributed by atoms with Gasteiger partial charge in [0.05, 0.1) is 28.3 Å². The van der Waals surface area contributed by atoms with E-state index in [2.05, 4.69) is 4.74 Å². The molecule has 0 saturated carbocycles. The lowest BCUT2D eigenvalue weighted by molar-refractivity contribution is -0.137. The van der Waals surface area contributed by atoms with E-state index in [1.807, 2.05) is 0 Å². The van der Waals surface area contributed by atoms with Crippen molar-refractivity contribution in [3.63, 3.8) is 0 Å². The van der Waals surface area contributed by atoms with Gasteiger partial charge in [0.15, 0.2) is 0 Å². The van der Waals surface area contributed by atoms with Crippen LogP contribution in [0.4, 0.5) is 13.2 Å². The van der Waals surface area contributed by atoms with Crippen LogP contribution in [0.15, 0.2) is 36.4 Å². The Balaban J connectivity index is 2.64. The number of carbonyl (C=O) groups is 1. The summed E-state index contributed by atoms with van der Waals surface area (Å²) >= 11 is 11.7. The van der Waals surface area contributed by atoms with Crippen molar-refractivity contribution in [1.82, 2.24) is 0 Å². The van der Waals surface area contributed by atoms with E-state index in [1.54, 1.807) is 0 Å². The largest absolute Gasteiger partial charge is 0.465 e. The van der Waals surface area contributed by atoms with Crippen molar-refractivity contribution in [2.24, 2.45) is 0 Å². The highest BCUT2D eigenvalue weighted by molar-refractivity contribution is 6.42. The van der Waals surface area contributed by atoms with Gasteiger partial charge in [0.25, 0.3) is 0 Å². The molecule has 0 N–H and O–H groups in total. The van der Waals surface area contributed by atoms with E-state index in [0.29, 0.717) is 5.56 Å². The third-order valence-corrected chi connectivity index (χ3v) is 3.67. The number of methoxy groups -OCH3 is 1. The predicted octanol–water partition coefficient (Wildman–Crippen LogP) is 5.47. The number of esters is 1. The molecule has 0 aromatic heterocycles. The zero-order valence-electron chi connectivity index (χ0n) is 11.2. The van der Waals surface area contributed by atoms with Crippen molar-refractivity contribution < 1.29 is 22.7 Å². The Bertz CT molecular complexity index is 727. The Kier molecular flexibility index (Phi) is 4.68. The number of hydrogen-bond donors (Lipinski definition) is 0. The Labute approximate surface area is 134 Å². The average Bonchev–Trinajstić information content (AvgIpc) is 2.47. The van der Waals surface area contributed by atoms with Gasteiger partial charge in [-0.25, -0.2) is 4.79 Å². The number of hydrogen-bond acceptors (Lipinski definition) is 2. The minimum absolute atomic E-state index is 0.189. The normalized spacial score (nSPS) is 11.4. The molecular formula is C15H9Cl2F3O2. The monoisotopic (exact) mass is 348 g/mol. The molecule has 0 aliphatic carbocycles. The third kappa shape index (κ3) is 3.54. The van der Waals surface area contributed by atoms with Crippen LogP contribution in [0.25, 0.3) is 11.1 Å². The molecule has 116 valence electrons. The first kappa shape index (κ1) is 16.6. The first-order valence-corrected chi connectivity index (χ1v) is 6.74. The highest BCUT2D eigenvalue weighted by atomic mass is 35.5. The summed E-state index contributed by atoms with van der Waals surface area (Å²) in [4.78, 5) is 11.6. The van der Waals surface area contributed by atoms with Gasteiger partial charge in [0.1, 0.15) is 0 Å². The molecule has 2 rings (SSSR count). The minimum Gasteiger partial charge on any atom is -0.465 e. The van der Waals surface area contributed by atoms with E-state index >= 15 is 0 Å². The Morgan fingerprint density at radius 1 is 1.00 bits per heavy atom. The lowest BCUT2D eigenvalue weighted by atomic mass is 9.99. The van der Waals surface area contributed by atoms with E-state index in [1.165, 1.54) is 24.3 Å². The molecule has 0 aliphatic heterocycles. The van der Waals surface area contributed by atoms with Crippen LogP contribution in [0, 0.1) is 0 Å². The summed E-state index contributed by atoms with van der Waals surface area (Å²) in [7, 11) is 1.10. The van der Waals surface area contributed by atoms with Gasteiger partial charge in [-0.15, -0.1) is 0 Å². The smallest absolute Gasteiger partial charge is 0.416 e. The van der Waals surface area contributed by atoms with Gasteiger partial charge < -0.3 is 4.74 Å². The van der Waals surface area contributed by atoms with Gasteiger partial charge in [-0.05, 0) is 41.5 Å². The van der Waals surface area contributed by atoms with Crippen LogP contribution < -0.4 is 0 Å². The van der Waals surface area contributed by atoms with Crippen LogP contribution in [0.1, 0.15) is 15.9 Å². The summed E-state index contributed by atoms with van der Waals surface area (Å²) in [6.07, 6.45) is -4.59. The summed E-state index contributed by atoms with van der Waals surface area (Å²) in [5.74, 6) is -0.854. The maximum Gasteiger partial charge on any atom is 0.416 e. The molecule has 22 heavy (non-hydrogen) atoms. The van der Waals surface area contributed by atoms with E-state index in [4.69, 9.17) is 23.2 Å². The Hall–Kier alpha value is -1.72. The maximum atomic E-state index is 13.0. The van der Waals surface area contributed by atoms with Crippen molar-refractivity contribution in [3.05, 3.63) is 57.6 Å². The second-order valence-electron chi connectivity index (χ2n) is 4.42. The summed E-state index contributed by atoms with van der Waals surface area (Å²) in [5.41, 5.74) is -0.547. The van der Waals surface area contributed by atoms with Gasteiger partial charge in [0.2, 0.25) is 0 Å². The molecule has 0 aliphatic rings. The van der Waals surface area contributed by atoms with Crippen molar-refractivity contribution >= 4 is 29.2 Å². The van der Waals surface area contributed by atoms with Gasteiger partial charge in [-0.3, -0.25) is 0 Å². The predicted molar refractivity (Wildman–Crippen MR) is 78.2 cm³/mol. The molecule has 0 radical (unpaired) electrons. The number of ether oxygens (including phenoxy) is 1. The SMILES string of the molecule is COC(=O)c1cc(-c2ccc(Cl)c(Cl)c2)cc(C(F)(F)F)c1. The Morgan fingerprint density at radius 3 is 2.23 bits per heavy atom. The molecule has 7 heteroatoms. The fourth-order valence-corrected chi connectivity index (χ4v) is 2.17. The van der Waals surface area contributed by atoms with E-state index in [9.17, 15) is 18.0 Å². The second kappa shape index (κ2) is 6.18. The van der Waals surface area contributed by atoms with E-state index in [0.717, 1.165) is 19.2 Å². The number of halogens is 5. The summed E-state index contributed by atoms with van der Waals surface area (Å²) in [6, 6.07) is 7.40. The van der Waals surface area contributed by atoms with Gasteiger partial charge in [-0.2, -0.15) is 13.2 Å². The number of rotatable bonds is 2. The number of benzene rings is 2. The van der Waals surface area contributed by atoms with Crippen LogP contribution in [-0.4, -0.2) is 13.1 Å². The average molecular weight is 349 g/mol. The molecule has 2 aromatic carbocycles.